The fourth-order valence-electron chi connectivity index (χ4n) is 1.58. The Morgan fingerprint density at radius 2 is 2.00 bits per heavy atom. The highest BCUT2D eigenvalue weighted by atomic mass is 19.1. The van der Waals surface area contributed by atoms with E-state index in [2.05, 4.69) is 6.92 Å². The Kier molecular flexibility index (Phi) is 7.37. The molecule has 4 heteroatoms. The molecule has 0 saturated carbocycles. The average Bonchev–Trinajstić information content (AvgIpc) is 2.33. The Morgan fingerprint density at radius 1 is 1.17 bits per heavy atom. The van der Waals surface area contributed by atoms with Gasteiger partial charge in [0.05, 0.1) is 6.61 Å². The van der Waals surface area contributed by atoms with Gasteiger partial charge in [0.25, 0.3) is 0 Å². The van der Waals surface area contributed by atoms with Crippen molar-refractivity contribution >= 4 is 0 Å². The van der Waals surface area contributed by atoms with Crippen LogP contribution in [0.15, 0.2) is 18.2 Å². The molecule has 0 radical (unpaired) electrons. The van der Waals surface area contributed by atoms with Crippen molar-refractivity contribution in [2.45, 2.75) is 26.2 Å². The van der Waals surface area contributed by atoms with Gasteiger partial charge in [-0.3, -0.25) is 0 Å². The summed E-state index contributed by atoms with van der Waals surface area (Å²) in [7, 11) is 0. The number of nitrogens with two attached hydrogens (primary N) is 1. The first-order chi connectivity index (χ1) is 8.76. The molecule has 1 aromatic rings. The first-order valence-electron chi connectivity index (χ1n) is 6.46. The Morgan fingerprint density at radius 3 is 2.72 bits per heavy atom. The number of halogens is 1. The number of rotatable bonds is 9. The van der Waals surface area contributed by atoms with Crippen molar-refractivity contribution in [3.05, 3.63) is 29.6 Å². The summed E-state index contributed by atoms with van der Waals surface area (Å²) >= 11 is 0. The van der Waals surface area contributed by atoms with E-state index >= 15 is 0 Å². The molecule has 0 bridgehead atoms. The van der Waals surface area contributed by atoms with Gasteiger partial charge >= 0.3 is 0 Å². The van der Waals surface area contributed by atoms with Crippen molar-refractivity contribution in [1.82, 2.24) is 0 Å². The normalized spacial score (nSPS) is 10.6. The summed E-state index contributed by atoms with van der Waals surface area (Å²) in [5.74, 6) is 0.250. The fraction of sp³-hybridized carbons (Fsp3) is 0.571. The van der Waals surface area contributed by atoms with Crippen LogP contribution in [0.3, 0.4) is 0 Å². The second-order valence-electron chi connectivity index (χ2n) is 4.15. The van der Waals surface area contributed by atoms with Crippen LogP contribution in [0.1, 0.15) is 25.3 Å². The number of hydrogen-bond donors (Lipinski definition) is 1. The van der Waals surface area contributed by atoms with Crippen LogP contribution in [-0.4, -0.2) is 26.4 Å². The second-order valence-corrected chi connectivity index (χ2v) is 4.15. The van der Waals surface area contributed by atoms with Crippen LogP contribution < -0.4 is 10.5 Å². The largest absolute Gasteiger partial charge is 0.491 e. The lowest BCUT2D eigenvalue weighted by atomic mass is 10.1. The molecule has 0 fully saturated rings. The van der Waals surface area contributed by atoms with E-state index < -0.39 is 0 Å². The number of hydrogen-bond acceptors (Lipinski definition) is 3. The van der Waals surface area contributed by atoms with E-state index in [1.54, 1.807) is 0 Å². The minimum absolute atomic E-state index is 0.289. The van der Waals surface area contributed by atoms with Crippen molar-refractivity contribution in [3.8, 4) is 5.75 Å². The second kappa shape index (κ2) is 8.89. The molecule has 0 saturated heterocycles. The van der Waals surface area contributed by atoms with Gasteiger partial charge in [0.15, 0.2) is 0 Å². The predicted octanol–water partition coefficient (Wildman–Crippen LogP) is 2.52. The fourth-order valence-corrected chi connectivity index (χ4v) is 1.58. The molecule has 1 rings (SSSR count). The summed E-state index contributed by atoms with van der Waals surface area (Å²) in [5, 5.41) is 0. The monoisotopic (exact) mass is 255 g/mol. The molecule has 3 nitrogen and oxygen atoms in total. The third kappa shape index (κ3) is 5.98. The van der Waals surface area contributed by atoms with Gasteiger partial charge in [-0.05, 0) is 37.1 Å². The first kappa shape index (κ1) is 14.9. The van der Waals surface area contributed by atoms with Crippen molar-refractivity contribution in [3.63, 3.8) is 0 Å². The van der Waals surface area contributed by atoms with E-state index in [-0.39, 0.29) is 5.82 Å². The summed E-state index contributed by atoms with van der Waals surface area (Å²) in [6, 6.07) is 4.69. The van der Waals surface area contributed by atoms with Crippen molar-refractivity contribution < 1.29 is 13.9 Å². The quantitative estimate of drug-likeness (QED) is 0.690. The van der Waals surface area contributed by atoms with Gasteiger partial charge in [0.1, 0.15) is 18.2 Å². The zero-order valence-corrected chi connectivity index (χ0v) is 11.0. The minimum atomic E-state index is -0.289. The summed E-state index contributed by atoms with van der Waals surface area (Å²) in [4.78, 5) is 0. The minimum Gasteiger partial charge on any atom is -0.491 e. The molecule has 0 spiro atoms. The molecule has 0 aliphatic carbocycles. The van der Waals surface area contributed by atoms with Crippen molar-refractivity contribution in [1.29, 1.82) is 0 Å². The van der Waals surface area contributed by atoms with Crippen LogP contribution in [0.4, 0.5) is 4.39 Å². The molecule has 0 aliphatic heterocycles. The van der Waals surface area contributed by atoms with Crippen LogP contribution in [0.2, 0.25) is 0 Å². The molecule has 0 unspecified atom stereocenters. The van der Waals surface area contributed by atoms with Gasteiger partial charge in [-0.2, -0.15) is 0 Å². The lowest BCUT2D eigenvalue weighted by Gasteiger charge is -2.09. The van der Waals surface area contributed by atoms with Gasteiger partial charge < -0.3 is 15.2 Å². The highest BCUT2D eigenvalue weighted by Crippen LogP contribution is 2.16. The van der Waals surface area contributed by atoms with E-state index in [1.165, 1.54) is 12.1 Å². The van der Waals surface area contributed by atoms with Gasteiger partial charge in [-0.15, -0.1) is 0 Å². The van der Waals surface area contributed by atoms with E-state index in [4.69, 9.17) is 15.2 Å². The lowest BCUT2D eigenvalue weighted by Crippen LogP contribution is -2.08. The first-order valence-corrected chi connectivity index (χ1v) is 6.46. The maximum atomic E-state index is 13.3. The molecule has 0 atom stereocenters. The topological polar surface area (TPSA) is 44.5 Å². The predicted molar refractivity (Wildman–Crippen MR) is 70.4 cm³/mol. The van der Waals surface area contributed by atoms with Crippen LogP contribution in [0.5, 0.6) is 5.75 Å². The Labute approximate surface area is 108 Å². The Bertz CT molecular complexity index is 345. The Hall–Kier alpha value is -1.13. The molecule has 102 valence electrons. The summed E-state index contributed by atoms with van der Waals surface area (Å²) in [6.45, 7) is 4.34. The van der Waals surface area contributed by atoms with Gasteiger partial charge in [-0.1, -0.05) is 13.3 Å². The third-order valence-corrected chi connectivity index (χ3v) is 2.50. The highest BCUT2D eigenvalue weighted by molar-refractivity contribution is 5.29. The van der Waals surface area contributed by atoms with Crippen LogP contribution in [0, 0.1) is 5.82 Å². The molecule has 0 aromatic heterocycles. The third-order valence-electron chi connectivity index (χ3n) is 2.50. The smallest absolute Gasteiger partial charge is 0.127 e. The molecule has 2 N–H and O–H groups in total. The van der Waals surface area contributed by atoms with Gasteiger partial charge in [-0.25, -0.2) is 4.39 Å². The molecule has 18 heavy (non-hydrogen) atoms. The lowest BCUT2D eigenvalue weighted by molar-refractivity contribution is 0.0979. The van der Waals surface area contributed by atoms with Crippen molar-refractivity contribution in [2.75, 3.05) is 26.4 Å². The van der Waals surface area contributed by atoms with Gasteiger partial charge in [0, 0.05) is 12.7 Å². The summed E-state index contributed by atoms with van der Waals surface area (Å²) in [5.41, 5.74) is 6.31. The Balaban J connectivity index is 2.32. The summed E-state index contributed by atoms with van der Waals surface area (Å²) in [6.07, 6.45) is 2.83. The molecular formula is C14H22FNO2. The molecule has 0 heterocycles. The van der Waals surface area contributed by atoms with E-state index in [0.717, 1.165) is 25.0 Å². The number of ether oxygens (including phenoxy) is 2. The molecule has 1 aromatic carbocycles. The zero-order valence-electron chi connectivity index (χ0n) is 11.0. The maximum Gasteiger partial charge on any atom is 0.127 e. The number of benzene rings is 1. The SMILES string of the molecule is CCCCOCCOc1cc(F)cc(CCN)c1. The zero-order chi connectivity index (χ0) is 13.2. The van der Waals surface area contributed by atoms with Crippen LogP contribution in [-0.2, 0) is 11.2 Å². The van der Waals surface area contributed by atoms with E-state index in [1.807, 2.05) is 6.07 Å². The maximum absolute atomic E-state index is 13.3. The molecule has 0 aliphatic rings. The van der Waals surface area contributed by atoms with E-state index in [9.17, 15) is 4.39 Å². The van der Waals surface area contributed by atoms with Gasteiger partial charge in [0.2, 0.25) is 0 Å². The molecular weight excluding hydrogens is 233 g/mol. The average molecular weight is 255 g/mol. The van der Waals surface area contributed by atoms with Crippen LogP contribution >= 0.6 is 0 Å². The number of unbranched alkanes of at least 4 members (excludes halogenated alkanes) is 1. The summed E-state index contributed by atoms with van der Waals surface area (Å²) < 4.78 is 24.1. The molecule has 0 amide bonds. The van der Waals surface area contributed by atoms with Crippen LogP contribution in [0.25, 0.3) is 0 Å². The standard InChI is InChI=1S/C14H22FNO2/c1-2-3-6-17-7-8-18-14-10-12(4-5-16)9-13(15)11-14/h9-11H,2-8,16H2,1H3. The van der Waals surface area contributed by atoms with E-state index in [0.29, 0.717) is 31.9 Å². The highest BCUT2D eigenvalue weighted by Gasteiger charge is 2.01. The van der Waals surface area contributed by atoms with Crippen molar-refractivity contribution in [2.24, 2.45) is 5.73 Å².